The normalized spacial score (nSPS) is 11.6. The van der Waals surface area contributed by atoms with E-state index >= 15 is 0 Å². The zero-order valence-corrected chi connectivity index (χ0v) is 9.85. The summed E-state index contributed by atoms with van der Waals surface area (Å²) in [6, 6.07) is 3.00. The van der Waals surface area contributed by atoms with Crippen molar-refractivity contribution in [3.63, 3.8) is 0 Å². The van der Waals surface area contributed by atoms with Crippen molar-refractivity contribution in [1.29, 1.82) is 0 Å². The summed E-state index contributed by atoms with van der Waals surface area (Å²) in [4.78, 5) is 15.0. The van der Waals surface area contributed by atoms with Gasteiger partial charge in [-0.1, -0.05) is 0 Å². The molecule has 94 valence electrons. The minimum absolute atomic E-state index is 0.141. The van der Waals surface area contributed by atoms with Crippen molar-refractivity contribution in [2.24, 2.45) is 0 Å². The van der Waals surface area contributed by atoms with Crippen LogP contribution in [0, 0.1) is 0 Å². The summed E-state index contributed by atoms with van der Waals surface area (Å²) >= 11 is 2.99. The van der Waals surface area contributed by atoms with Gasteiger partial charge < -0.3 is 5.32 Å². The lowest BCUT2D eigenvalue weighted by molar-refractivity contribution is -0.123. The van der Waals surface area contributed by atoms with Crippen molar-refractivity contribution in [2.45, 2.75) is 12.3 Å². The highest BCUT2D eigenvalue weighted by molar-refractivity contribution is 9.10. The van der Waals surface area contributed by atoms with Crippen molar-refractivity contribution >= 4 is 21.8 Å². The van der Waals surface area contributed by atoms with Crippen LogP contribution in [-0.2, 0) is 0 Å². The monoisotopic (exact) mass is 314 g/mol. The summed E-state index contributed by atoms with van der Waals surface area (Å²) in [7, 11) is 0. The molecule has 8 heteroatoms. The maximum absolute atomic E-state index is 12.5. The Morgan fingerprint density at radius 1 is 1.53 bits per heavy atom. The Hall–Kier alpha value is -1.18. The molecule has 1 aromatic heterocycles. The first-order valence-corrected chi connectivity index (χ1v) is 5.18. The molecule has 0 aliphatic rings. The Labute approximate surface area is 102 Å². The molecule has 0 aromatic carbocycles. The van der Waals surface area contributed by atoms with Crippen LogP contribution in [0.1, 0.15) is 10.5 Å². The van der Waals surface area contributed by atoms with E-state index in [-0.39, 0.29) is 10.2 Å². The van der Waals surface area contributed by atoms with E-state index in [0.29, 0.717) is 0 Å². The number of alkyl halides is 4. The molecule has 1 rings (SSSR count). The van der Waals surface area contributed by atoms with Gasteiger partial charge in [-0.05, 0) is 28.1 Å². The molecular formula is C9H7BrF4N2O. The van der Waals surface area contributed by atoms with Crippen LogP contribution in [0.3, 0.4) is 0 Å². The molecule has 0 saturated carbocycles. The fraction of sp³-hybridized carbons (Fsp3) is 0.333. The highest BCUT2D eigenvalue weighted by Crippen LogP contribution is 2.21. The van der Waals surface area contributed by atoms with E-state index in [1.807, 2.05) is 0 Å². The number of hydrogen-bond donors (Lipinski definition) is 1. The van der Waals surface area contributed by atoms with Crippen LogP contribution in [-0.4, -0.2) is 29.8 Å². The SMILES string of the molecule is O=C(NCC(F)(F)C(F)F)c1ncccc1Br. The average Bonchev–Trinajstić information content (AvgIpc) is 2.26. The first-order chi connectivity index (χ1) is 7.84. The Balaban J connectivity index is 2.66. The average molecular weight is 315 g/mol. The molecule has 0 aliphatic heterocycles. The number of amides is 1. The van der Waals surface area contributed by atoms with Crippen molar-refractivity contribution in [1.82, 2.24) is 10.3 Å². The fourth-order valence-corrected chi connectivity index (χ4v) is 1.35. The summed E-state index contributed by atoms with van der Waals surface area (Å²) in [6.07, 6.45) is -2.54. The summed E-state index contributed by atoms with van der Waals surface area (Å²) in [6.45, 7) is -1.44. The smallest absolute Gasteiger partial charge is 0.324 e. The number of carbonyl (C=O) groups is 1. The Kier molecular flexibility index (Phi) is 4.44. The van der Waals surface area contributed by atoms with Crippen LogP contribution >= 0.6 is 15.9 Å². The molecule has 17 heavy (non-hydrogen) atoms. The summed E-state index contributed by atoms with van der Waals surface area (Å²) in [5.41, 5.74) is -0.141. The number of carbonyl (C=O) groups excluding carboxylic acids is 1. The van der Waals surface area contributed by atoms with Crippen molar-refractivity contribution in [3.8, 4) is 0 Å². The molecule has 1 N–H and O–H groups in total. The molecular weight excluding hydrogens is 308 g/mol. The molecule has 1 amide bonds. The van der Waals surface area contributed by atoms with Gasteiger partial charge >= 0.3 is 12.3 Å². The fourth-order valence-electron chi connectivity index (χ4n) is 0.912. The summed E-state index contributed by atoms with van der Waals surface area (Å²) in [5, 5.41) is 1.70. The van der Waals surface area contributed by atoms with E-state index in [9.17, 15) is 22.4 Å². The number of nitrogens with one attached hydrogen (secondary N) is 1. The van der Waals surface area contributed by atoms with Gasteiger partial charge in [-0.15, -0.1) is 0 Å². The van der Waals surface area contributed by atoms with Crippen LogP contribution in [0.4, 0.5) is 17.6 Å². The van der Waals surface area contributed by atoms with Crippen molar-refractivity contribution in [2.75, 3.05) is 6.54 Å². The number of aromatic nitrogens is 1. The molecule has 0 bridgehead atoms. The minimum atomic E-state index is -4.25. The molecule has 1 heterocycles. The predicted octanol–water partition coefficient (Wildman–Crippen LogP) is 2.47. The van der Waals surface area contributed by atoms with E-state index in [0.717, 1.165) is 0 Å². The second kappa shape index (κ2) is 5.44. The number of hydrogen-bond acceptors (Lipinski definition) is 2. The third-order valence-electron chi connectivity index (χ3n) is 1.78. The van der Waals surface area contributed by atoms with E-state index in [1.165, 1.54) is 18.3 Å². The number of pyridine rings is 1. The van der Waals surface area contributed by atoms with Gasteiger partial charge in [-0.25, -0.2) is 13.8 Å². The molecule has 0 fully saturated rings. The molecule has 0 radical (unpaired) electrons. The molecule has 0 atom stereocenters. The zero-order chi connectivity index (χ0) is 13.1. The number of nitrogens with zero attached hydrogens (tertiary/aromatic N) is 1. The molecule has 0 unspecified atom stereocenters. The topological polar surface area (TPSA) is 42.0 Å². The highest BCUT2D eigenvalue weighted by atomic mass is 79.9. The second-order valence-electron chi connectivity index (χ2n) is 3.08. The van der Waals surface area contributed by atoms with Crippen LogP contribution in [0.2, 0.25) is 0 Å². The van der Waals surface area contributed by atoms with Gasteiger partial charge in [-0.2, -0.15) is 8.78 Å². The third-order valence-corrected chi connectivity index (χ3v) is 2.42. The van der Waals surface area contributed by atoms with Gasteiger partial charge in [0.1, 0.15) is 5.69 Å². The van der Waals surface area contributed by atoms with Crippen LogP contribution in [0.15, 0.2) is 22.8 Å². The van der Waals surface area contributed by atoms with Gasteiger partial charge in [0.25, 0.3) is 5.91 Å². The van der Waals surface area contributed by atoms with E-state index < -0.39 is 24.8 Å². The molecule has 0 spiro atoms. The second-order valence-corrected chi connectivity index (χ2v) is 3.93. The Bertz CT molecular complexity index is 414. The zero-order valence-electron chi connectivity index (χ0n) is 8.26. The quantitative estimate of drug-likeness (QED) is 0.868. The van der Waals surface area contributed by atoms with E-state index in [1.54, 1.807) is 5.32 Å². The van der Waals surface area contributed by atoms with Gasteiger partial charge in [0.2, 0.25) is 0 Å². The van der Waals surface area contributed by atoms with Crippen LogP contribution in [0.5, 0.6) is 0 Å². The molecule has 0 saturated heterocycles. The predicted molar refractivity (Wildman–Crippen MR) is 55.2 cm³/mol. The first kappa shape index (κ1) is 13.9. The third kappa shape index (κ3) is 3.65. The van der Waals surface area contributed by atoms with Gasteiger partial charge in [-0.3, -0.25) is 4.79 Å². The molecule has 1 aromatic rings. The van der Waals surface area contributed by atoms with Crippen LogP contribution in [0.25, 0.3) is 0 Å². The standard InChI is InChI=1S/C9H7BrF4N2O/c10-5-2-1-3-15-6(5)7(17)16-4-9(13,14)8(11)12/h1-3,8H,4H2,(H,16,17). The lowest BCUT2D eigenvalue weighted by Gasteiger charge is -2.15. The summed E-state index contributed by atoms with van der Waals surface area (Å²) in [5.74, 6) is -5.20. The van der Waals surface area contributed by atoms with Gasteiger partial charge in [0.05, 0.1) is 6.54 Å². The largest absolute Gasteiger partial charge is 0.344 e. The highest BCUT2D eigenvalue weighted by Gasteiger charge is 2.41. The maximum Gasteiger partial charge on any atom is 0.324 e. The van der Waals surface area contributed by atoms with Crippen LogP contribution < -0.4 is 5.32 Å². The van der Waals surface area contributed by atoms with Gasteiger partial charge in [0.15, 0.2) is 0 Å². The van der Waals surface area contributed by atoms with E-state index in [2.05, 4.69) is 20.9 Å². The van der Waals surface area contributed by atoms with Crippen molar-refractivity contribution in [3.05, 3.63) is 28.5 Å². The van der Waals surface area contributed by atoms with Gasteiger partial charge in [0, 0.05) is 10.7 Å². The lowest BCUT2D eigenvalue weighted by atomic mass is 10.3. The van der Waals surface area contributed by atoms with E-state index in [4.69, 9.17) is 0 Å². The first-order valence-electron chi connectivity index (χ1n) is 4.39. The minimum Gasteiger partial charge on any atom is -0.344 e. The molecule has 3 nitrogen and oxygen atoms in total. The number of halogens is 5. The maximum atomic E-state index is 12.5. The Morgan fingerprint density at radius 2 is 2.18 bits per heavy atom. The number of rotatable bonds is 4. The Morgan fingerprint density at radius 3 is 2.71 bits per heavy atom. The van der Waals surface area contributed by atoms with Crippen molar-refractivity contribution < 1.29 is 22.4 Å². The summed E-state index contributed by atoms with van der Waals surface area (Å²) < 4.78 is 49.0. The lowest BCUT2D eigenvalue weighted by Crippen LogP contribution is -2.41. The molecule has 0 aliphatic carbocycles.